The van der Waals surface area contributed by atoms with E-state index in [9.17, 15) is 0 Å². The van der Waals surface area contributed by atoms with Crippen LogP contribution in [0.4, 0.5) is 0 Å². The lowest BCUT2D eigenvalue weighted by molar-refractivity contribution is -0.0530. The fourth-order valence-corrected chi connectivity index (χ4v) is 2.98. The van der Waals surface area contributed by atoms with Crippen LogP contribution in [0.2, 0.25) is 0 Å². The standard InChI is InChI=1S/C13H25NO2/c1-12(2,3)16-10-13-6-5-7-14(13)9-11(8-13)15-4/h11H,5-10H2,1-4H3. The molecule has 0 aromatic carbocycles. The second-order valence-electron chi connectivity index (χ2n) is 6.24. The third-order valence-corrected chi connectivity index (χ3v) is 3.88. The summed E-state index contributed by atoms with van der Waals surface area (Å²) in [7, 11) is 1.82. The van der Waals surface area contributed by atoms with Crippen molar-refractivity contribution < 1.29 is 9.47 Å². The molecule has 0 amide bonds. The molecule has 2 aliphatic heterocycles. The van der Waals surface area contributed by atoms with Crippen LogP contribution in [0, 0.1) is 0 Å². The minimum absolute atomic E-state index is 0.0336. The molecule has 2 unspecified atom stereocenters. The largest absolute Gasteiger partial charge is 0.380 e. The molecule has 2 rings (SSSR count). The van der Waals surface area contributed by atoms with Crippen molar-refractivity contribution in [3.8, 4) is 0 Å². The summed E-state index contributed by atoms with van der Waals surface area (Å²) in [5, 5.41) is 0. The highest BCUT2D eigenvalue weighted by molar-refractivity contribution is 5.04. The van der Waals surface area contributed by atoms with E-state index in [2.05, 4.69) is 25.7 Å². The van der Waals surface area contributed by atoms with Crippen LogP contribution in [0.15, 0.2) is 0 Å². The topological polar surface area (TPSA) is 21.7 Å². The molecule has 0 saturated carbocycles. The maximum atomic E-state index is 6.01. The van der Waals surface area contributed by atoms with E-state index in [0.29, 0.717) is 6.10 Å². The van der Waals surface area contributed by atoms with Gasteiger partial charge < -0.3 is 9.47 Å². The van der Waals surface area contributed by atoms with E-state index in [1.54, 1.807) is 0 Å². The van der Waals surface area contributed by atoms with Crippen molar-refractivity contribution >= 4 is 0 Å². The van der Waals surface area contributed by atoms with Gasteiger partial charge in [0.15, 0.2) is 0 Å². The Labute approximate surface area is 99.1 Å². The molecule has 0 spiro atoms. The van der Waals surface area contributed by atoms with Gasteiger partial charge in [0.05, 0.1) is 18.3 Å². The van der Waals surface area contributed by atoms with Crippen molar-refractivity contribution in [2.24, 2.45) is 0 Å². The lowest BCUT2D eigenvalue weighted by Gasteiger charge is -2.34. The first-order valence-electron chi connectivity index (χ1n) is 6.37. The molecule has 0 aliphatic carbocycles. The highest BCUT2D eigenvalue weighted by Gasteiger charge is 2.49. The summed E-state index contributed by atoms with van der Waals surface area (Å²) in [4.78, 5) is 2.58. The van der Waals surface area contributed by atoms with E-state index in [4.69, 9.17) is 9.47 Å². The summed E-state index contributed by atoms with van der Waals surface area (Å²) in [6.45, 7) is 9.55. The number of methoxy groups -OCH3 is 1. The van der Waals surface area contributed by atoms with Crippen LogP contribution in [0.1, 0.15) is 40.0 Å². The SMILES string of the molecule is COC1CN2CCCC2(COC(C)(C)C)C1. The highest BCUT2D eigenvalue weighted by Crippen LogP contribution is 2.40. The number of nitrogens with zero attached hydrogens (tertiary/aromatic N) is 1. The van der Waals surface area contributed by atoms with E-state index in [1.165, 1.54) is 19.4 Å². The molecule has 0 N–H and O–H groups in total. The Hall–Kier alpha value is -0.120. The van der Waals surface area contributed by atoms with E-state index < -0.39 is 0 Å². The molecule has 3 nitrogen and oxygen atoms in total. The van der Waals surface area contributed by atoms with Crippen LogP contribution in [-0.4, -0.2) is 49.0 Å². The molecule has 2 saturated heterocycles. The summed E-state index contributed by atoms with van der Waals surface area (Å²) in [5.41, 5.74) is 0.238. The van der Waals surface area contributed by atoms with E-state index in [1.807, 2.05) is 7.11 Å². The zero-order chi connectivity index (χ0) is 11.8. The fourth-order valence-electron chi connectivity index (χ4n) is 2.98. The van der Waals surface area contributed by atoms with Gasteiger partial charge in [-0.2, -0.15) is 0 Å². The average molecular weight is 227 g/mol. The summed E-state index contributed by atoms with van der Waals surface area (Å²) < 4.78 is 11.5. The maximum Gasteiger partial charge on any atom is 0.0716 e. The maximum absolute atomic E-state index is 6.01. The summed E-state index contributed by atoms with van der Waals surface area (Å²) in [5.74, 6) is 0. The van der Waals surface area contributed by atoms with E-state index >= 15 is 0 Å². The van der Waals surface area contributed by atoms with Crippen molar-refractivity contribution in [3.05, 3.63) is 0 Å². The molecule has 2 aliphatic rings. The van der Waals surface area contributed by atoms with Gasteiger partial charge in [0.25, 0.3) is 0 Å². The molecule has 2 fully saturated rings. The second-order valence-corrected chi connectivity index (χ2v) is 6.24. The molecule has 94 valence electrons. The molecule has 16 heavy (non-hydrogen) atoms. The monoisotopic (exact) mass is 227 g/mol. The molecule has 2 heterocycles. The second kappa shape index (κ2) is 4.28. The summed E-state index contributed by atoms with van der Waals surface area (Å²) in [6, 6.07) is 0. The predicted octanol–water partition coefficient (Wildman–Crippen LogP) is 2.05. The van der Waals surface area contributed by atoms with Gasteiger partial charge in [-0.3, -0.25) is 4.90 Å². The molecule has 0 aromatic heterocycles. The highest BCUT2D eigenvalue weighted by atomic mass is 16.5. The van der Waals surface area contributed by atoms with Gasteiger partial charge in [-0.1, -0.05) is 0 Å². The average Bonchev–Trinajstić information content (AvgIpc) is 2.69. The van der Waals surface area contributed by atoms with Crippen molar-refractivity contribution in [1.29, 1.82) is 0 Å². The van der Waals surface area contributed by atoms with Crippen molar-refractivity contribution in [1.82, 2.24) is 4.90 Å². The lowest BCUT2D eigenvalue weighted by Crippen LogP contribution is -2.44. The Bertz CT molecular complexity index is 249. The van der Waals surface area contributed by atoms with Gasteiger partial charge in [-0.05, 0) is 46.6 Å². The van der Waals surface area contributed by atoms with Crippen LogP contribution >= 0.6 is 0 Å². The van der Waals surface area contributed by atoms with Gasteiger partial charge in [-0.15, -0.1) is 0 Å². The van der Waals surface area contributed by atoms with Crippen molar-refractivity contribution in [3.63, 3.8) is 0 Å². The minimum atomic E-state index is -0.0336. The number of ether oxygens (including phenoxy) is 2. The predicted molar refractivity (Wildman–Crippen MR) is 64.7 cm³/mol. The minimum Gasteiger partial charge on any atom is -0.380 e. The zero-order valence-corrected chi connectivity index (χ0v) is 11.1. The van der Waals surface area contributed by atoms with Crippen molar-refractivity contribution in [2.75, 3.05) is 26.8 Å². The Kier molecular flexibility index (Phi) is 3.30. The Morgan fingerprint density at radius 1 is 1.38 bits per heavy atom. The van der Waals surface area contributed by atoms with Gasteiger partial charge in [0, 0.05) is 19.2 Å². The van der Waals surface area contributed by atoms with Crippen LogP contribution in [0.5, 0.6) is 0 Å². The van der Waals surface area contributed by atoms with Crippen LogP contribution in [0.3, 0.4) is 0 Å². The normalized spacial score (nSPS) is 35.6. The van der Waals surface area contributed by atoms with Gasteiger partial charge in [-0.25, -0.2) is 0 Å². The smallest absolute Gasteiger partial charge is 0.0716 e. The van der Waals surface area contributed by atoms with Gasteiger partial charge in [0.2, 0.25) is 0 Å². The summed E-state index contributed by atoms with van der Waals surface area (Å²) in [6.07, 6.45) is 4.12. The first-order chi connectivity index (χ1) is 7.45. The van der Waals surface area contributed by atoms with Crippen LogP contribution < -0.4 is 0 Å². The Balaban J connectivity index is 1.99. The first-order valence-corrected chi connectivity index (χ1v) is 6.37. The van der Waals surface area contributed by atoms with Crippen molar-refractivity contribution in [2.45, 2.75) is 57.3 Å². The zero-order valence-electron chi connectivity index (χ0n) is 11.1. The molecular weight excluding hydrogens is 202 g/mol. The molecule has 0 bridgehead atoms. The Morgan fingerprint density at radius 3 is 2.75 bits per heavy atom. The fraction of sp³-hybridized carbons (Fsp3) is 1.00. The third-order valence-electron chi connectivity index (χ3n) is 3.88. The third kappa shape index (κ3) is 2.41. The number of hydrogen-bond acceptors (Lipinski definition) is 3. The first kappa shape index (κ1) is 12.3. The molecule has 0 radical (unpaired) electrons. The molecule has 3 heteroatoms. The molecular formula is C13H25NO2. The number of fused-ring (bicyclic) bond motifs is 1. The molecule has 0 aromatic rings. The van der Waals surface area contributed by atoms with Gasteiger partial charge >= 0.3 is 0 Å². The lowest BCUT2D eigenvalue weighted by atomic mass is 9.94. The van der Waals surface area contributed by atoms with E-state index in [-0.39, 0.29) is 11.1 Å². The number of rotatable bonds is 3. The van der Waals surface area contributed by atoms with Gasteiger partial charge in [0.1, 0.15) is 0 Å². The quantitative estimate of drug-likeness (QED) is 0.736. The molecule has 2 atom stereocenters. The van der Waals surface area contributed by atoms with Crippen LogP contribution in [0.25, 0.3) is 0 Å². The Morgan fingerprint density at radius 2 is 2.12 bits per heavy atom. The van der Waals surface area contributed by atoms with E-state index in [0.717, 1.165) is 19.6 Å². The summed E-state index contributed by atoms with van der Waals surface area (Å²) >= 11 is 0. The number of hydrogen-bond donors (Lipinski definition) is 0. The van der Waals surface area contributed by atoms with Crippen LogP contribution in [-0.2, 0) is 9.47 Å².